The zero-order chi connectivity index (χ0) is 14.8. The van der Waals surface area contributed by atoms with Crippen LogP contribution in [-0.2, 0) is 13.0 Å². The highest BCUT2D eigenvalue weighted by molar-refractivity contribution is 7.13. The summed E-state index contributed by atoms with van der Waals surface area (Å²) in [6, 6.07) is 3.84. The number of anilines is 2. The number of hydrogen-bond donors (Lipinski definition) is 1. The van der Waals surface area contributed by atoms with Crippen molar-refractivity contribution < 1.29 is 0 Å². The van der Waals surface area contributed by atoms with Gasteiger partial charge >= 0.3 is 0 Å². The number of nitrogens with one attached hydrogen (secondary N) is 1. The molecule has 8 heteroatoms. The molecule has 1 N–H and O–H groups in total. The maximum atomic E-state index is 4.53. The molecule has 3 aromatic rings. The maximum absolute atomic E-state index is 4.53. The van der Waals surface area contributed by atoms with E-state index < -0.39 is 0 Å². The van der Waals surface area contributed by atoms with E-state index in [1.54, 1.807) is 15.9 Å². The molecule has 110 valence electrons. The Kier molecular flexibility index (Phi) is 3.70. The fourth-order valence-corrected chi connectivity index (χ4v) is 2.67. The van der Waals surface area contributed by atoms with E-state index in [-0.39, 0.29) is 0 Å². The van der Waals surface area contributed by atoms with Crippen LogP contribution in [0.5, 0.6) is 0 Å². The first-order valence-electron chi connectivity index (χ1n) is 6.74. The van der Waals surface area contributed by atoms with Crippen LogP contribution in [0.15, 0.2) is 17.5 Å². The molecule has 0 aliphatic carbocycles. The predicted octanol–water partition coefficient (Wildman–Crippen LogP) is 1.82. The highest BCUT2D eigenvalue weighted by Gasteiger charge is 2.09. The molecule has 0 saturated carbocycles. The minimum absolute atomic E-state index is 0.543. The van der Waals surface area contributed by atoms with E-state index in [4.69, 9.17) is 0 Å². The van der Waals surface area contributed by atoms with E-state index in [0.717, 1.165) is 34.5 Å². The second kappa shape index (κ2) is 5.65. The van der Waals surface area contributed by atoms with Crippen molar-refractivity contribution in [3.63, 3.8) is 0 Å². The van der Waals surface area contributed by atoms with Crippen LogP contribution >= 0.6 is 11.3 Å². The van der Waals surface area contributed by atoms with Crippen LogP contribution in [-0.4, -0.2) is 38.9 Å². The van der Waals surface area contributed by atoms with Crippen LogP contribution in [0.3, 0.4) is 0 Å². The minimum Gasteiger partial charge on any atom is -0.361 e. The molecule has 0 bridgehead atoms. The molecule has 3 heterocycles. The Morgan fingerprint density at radius 3 is 2.86 bits per heavy atom. The lowest BCUT2D eigenvalue weighted by Crippen LogP contribution is -2.13. The first-order chi connectivity index (χ1) is 10.2. The van der Waals surface area contributed by atoms with Gasteiger partial charge in [-0.05, 0) is 18.6 Å². The molecule has 0 fully saturated rings. The van der Waals surface area contributed by atoms with Gasteiger partial charge in [-0.25, -0.2) is 4.98 Å². The van der Waals surface area contributed by atoms with Gasteiger partial charge in [-0.3, -0.25) is 0 Å². The van der Waals surface area contributed by atoms with Gasteiger partial charge in [0, 0.05) is 19.5 Å². The summed E-state index contributed by atoms with van der Waals surface area (Å²) < 4.78 is 1.76. The van der Waals surface area contributed by atoms with E-state index in [1.165, 1.54) is 0 Å². The molecule has 0 saturated heterocycles. The lowest BCUT2D eigenvalue weighted by molar-refractivity contribution is 0.817. The molecule has 3 aromatic heterocycles. The summed E-state index contributed by atoms with van der Waals surface area (Å²) >= 11 is 1.60. The van der Waals surface area contributed by atoms with Gasteiger partial charge in [0.1, 0.15) is 5.82 Å². The Hall–Kier alpha value is -2.22. The molecule has 21 heavy (non-hydrogen) atoms. The molecule has 0 spiro atoms. The van der Waals surface area contributed by atoms with Crippen molar-refractivity contribution in [2.75, 3.05) is 24.3 Å². The third-order valence-corrected chi connectivity index (χ3v) is 3.93. The summed E-state index contributed by atoms with van der Waals surface area (Å²) in [5, 5.41) is 19.1. The van der Waals surface area contributed by atoms with Crippen molar-refractivity contribution >= 4 is 27.9 Å². The lowest BCUT2D eigenvalue weighted by Gasteiger charge is -2.10. The quantitative estimate of drug-likeness (QED) is 0.775. The van der Waals surface area contributed by atoms with Gasteiger partial charge in [0.05, 0.1) is 12.2 Å². The number of thiazole rings is 1. The van der Waals surface area contributed by atoms with Crippen LogP contribution in [0.1, 0.15) is 18.4 Å². The second-order valence-corrected chi connectivity index (χ2v) is 5.68. The minimum atomic E-state index is 0.543. The van der Waals surface area contributed by atoms with Crippen LogP contribution in [0.4, 0.5) is 10.9 Å². The van der Waals surface area contributed by atoms with Gasteiger partial charge in [0.15, 0.2) is 16.6 Å². The Balaban J connectivity index is 1.81. The van der Waals surface area contributed by atoms with Gasteiger partial charge in [-0.2, -0.15) is 4.52 Å². The van der Waals surface area contributed by atoms with Crippen LogP contribution in [0, 0.1) is 0 Å². The number of fused-ring (bicyclic) bond motifs is 1. The van der Waals surface area contributed by atoms with Gasteiger partial charge in [-0.15, -0.1) is 26.6 Å². The standard InChI is InChI=1S/C13H17N7S/c1-4-9-8-21-13(15-9)14-7-12-17-16-10-5-6-11(19(2)3)18-20(10)12/h5-6,8H,4,7H2,1-3H3,(H,14,15). The number of rotatable bonds is 5. The van der Waals surface area contributed by atoms with Gasteiger partial charge in [-0.1, -0.05) is 6.92 Å². The van der Waals surface area contributed by atoms with Gasteiger partial charge < -0.3 is 10.2 Å². The smallest absolute Gasteiger partial charge is 0.183 e. The molecular weight excluding hydrogens is 286 g/mol. The Labute approximate surface area is 126 Å². The van der Waals surface area contributed by atoms with E-state index >= 15 is 0 Å². The largest absolute Gasteiger partial charge is 0.361 e. The summed E-state index contributed by atoms with van der Waals surface area (Å²) in [4.78, 5) is 6.42. The topological polar surface area (TPSA) is 71.2 Å². The fourth-order valence-electron chi connectivity index (χ4n) is 1.88. The molecule has 0 atom stereocenters. The average molecular weight is 303 g/mol. The van der Waals surface area contributed by atoms with E-state index in [0.29, 0.717) is 6.54 Å². The highest BCUT2D eigenvalue weighted by Crippen LogP contribution is 2.17. The second-order valence-electron chi connectivity index (χ2n) is 4.82. The third kappa shape index (κ3) is 2.80. The van der Waals surface area contributed by atoms with Crippen LogP contribution < -0.4 is 10.2 Å². The average Bonchev–Trinajstić information content (AvgIpc) is 3.11. The molecule has 0 unspecified atom stereocenters. The molecule has 0 aromatic carbocycles. The SMILES string of the molecule is CCc1csc(NCc2nnc3ccc(N(C)C)nn23)n1. The predicted molar refractivity (Wildman–Crippen MR) is 83.9 cm³/mol. The van der Waals surface area contributed by atoms with Crippen molar-refractivity contribution in [2.24, 2.45) is 0 Å². The van der Waals surface area contributed by atoms with E-state index in [2.05, 4.69) is 37.9 Å². The maximum Gasteiger partial charge on any atom is 0.183 e. The number of nitrogens with zero attached hydrogens (tertiary/aromatic N) is 6. The van der Waals surface area contributed by atoms with E-state index in [9.17, 15) is 0 Å². The summed E-state index contributed by atoms with van der Waals surface area (Å²) in [6.45, 7) is 2.64. The molecule has 7 nitrogen and oxygen atoms in total. The number of aromatic nitrogens is 5. The molecule has 0 radical (unpaired) electrons. The summed E-state index contributed by atoms with van der Waals surface area (Å²) in [7, 11) is 3.91. The molecular formula is C13H17N7S. The summed E-state index contributed by atoms with van der Waals surface area (Å²) in [5.41, 5.74) is 1.84. The zero-order valence-corrected chi connectivity index (χ0v) is 13.1. The third-order valence-electron chi connectivity index (χ3n) is 3.08. The first kappa shape index (κ1) is 13.7. The van der Waals surface area contributed by atoms with Crippen LogP contribution in [0.25, 0.3) is 5.65 Å². The Bertz CT molecular complexity index is 746. The lowest BCUT2D eigenvalue weighted by atomic mass is 10.4. The summed E-state index contributed by atoms with van der Waals surface area (Å²) in [6.07, 6.45) is 0.944. The van der Waals surface area contributed by atoms with Crippen molar-refractivity contribution in [1.82, 2.24) is 24.8 Å². The molecule has 0 aliphatic rings. The molecule has 0 amide bonds. The monoisotopic (exact) mass is 303 g/mol. The fraction of sp³-hybridized carbons (Fsp3) is 0.385. The highest BCUT2D eigenvalue weighted by atomic mass is 32.1. The van der Waals surface area contributed by atoms with Crippen molar-refractivity contribution in [2.45, 2.75) is 19.9 Å². The van der Waals surface area contributed by atoms with Crippen molar-refractivity contribution in [3.05, 3.63) is 29.0 Å². The van der Waals surface area contributed by atoms with Gasteiger partial charge in [0.25, 0.3) is 0 Å². The van der Waals surface area contributed by atoms with Crippen LogP contribution in [0.2, 0.25) is 0 Å². The van der Waals surface area contributed by atoms with Crippen molar-refractivity contribution in [1.29, 1.82) is 0 Å². The number of hydrogen-bond acceptors (Lipinski definition) is 7. The van der Waals surface area contributed by atoms with Crippen molar-refractivity contribution in [3.8, 4) is 0 Å². The zero-order valence-electron chi connectivity index (χ0n) is 12.2. The molecule has 0 aliphatic heterocycles. The number of aryl methyl sites for hydroxylation is 1. The summed E-state index contributed by atoms with van der Waals surface area (Å²) in [5.74, 6) is 1.63. The Morgan fingerprint density at radius 2 is 2.14 bits per heavy atom. The van der Waals surface area contributed by atoms with Gasteiger partial charge in [0.2, 0.25) is 0 Å². The normalized spacial score (nSPS) is 11.0. The molecule has 3 rings (SSSR count). The first-order valence-corrected chi connectivity index (χ1v) is 7.62. The Morgan fingerprint density at radius 1 is 1.29 bits per heavy atom. The van der Waals surface area contributed by atoms with E-state index in [1.807, 2.05) is 31.1 Å².